The Kier molecular flexibility index (Phi) is 11.3. The standard InChI is InChI=1S/C25H38O4/c1-2-3-4-5-6-7-8-9-10-11-12-13-14-15-18-28-22-16-17-23-21(19-22)20-24(29-23)25(26)27/h16-17,19-20H,2-15,18H2,1H3,(H,26,27). The van der Waals surface area contributed by atoms with Gasteiger partial charge in [-0.1, -0.05) is 90.4 Å². The van der Waals surface area contributed by atoms with Crippen LogP contribution in [-0.4, -0.2) is 17.7 Å². The van der Waals surface area contributed by atoms with Crippen LogP contribution in [0.4, 0.5) is 0 Å². The van der Waals surface area contributed by atoms with Crippen LogP contribution in [0.25, 0.3) is 11.0 Å². The molecule has 0 saturated heterocycles. The molecule has 0 atom stereocenters. The van der Waals surface area contributed by atoms with E-state index in [1.165, 1.54) is 89.5 Å². The van der Waals surface area contributed by atoms with Gasteiger partial charge in [0.05, 0.1) is 6.61 Å². The first-order chi connectivity index (χ1) is 14.2. The van der Waals surface area contributed by atoms with Gasteiger partial charge in [-0.15, -0.1) is 0 Å². The largest absolute Gasteiger partial charge is 0.494 e. The van der Waals surface area contributed by atoms with E-state index < -0.39 is 5.97 Å². The molecule has 0 aliphatic carbocycles. The first-order valence-electron chi connectivity index (χ1n) is 11.6. The van der Waals surface area contributed by atoms with Crippen molar-refractivity contribution in [3.05, 3.63) is 30.0 Å². The molecule has 4 nitrogen and oxygen atoms in total. The first-order valence-corrected chi connectivity index (χ1v) is 11.6. The van der Waals surface area contributed by atoms with Crippen molar-refractivity contribution < 1.29 is 19.1 Å². The number of fused-ring (bicyclic) bond motifs is 1. The second-order valence-electron chi connectivity index (χ2n) is 8.06. The van der Waals surface area contributed by atoms with Crippen molar-refractivity contribution in [2.75, 3.05) is 6.61 Å². The minimum Gasteiger partial charge on any atom is -0.494 e. The topological polar surface area (TPSA) is 59.7 Å². The van der Waals surface area contributed by atoms with Gasteiger partial charge in [0.1, 0.15) is 11.3 Å². The Hall–Kier alpha value is -1.97. The van der Waals surface area contributed by atoms with Crippen molar-refractivity contribution in [1.29, 1.82) is 0 Å². The third-order valence-corrected chi connectivity index (χ3v) is 5.47. The van der Waals surface area contributed by atoms with Crippen LogP contribution in [-0.2, 0) is 0 Å². The molecule has 0 saturated carbocycles. The molecule has 1 aromatic carbocycles. The Morgan fingerprint density at radius 2 is 1.38 bits per heavy atom. The maximum absolute atomic E-state index is 11.0. The monoisotopic (exact) mass is 402 g/mol. The zero-order valence-corrected chi connectivity index (χ0v) is 18.1. The predicted molar refractivity (Wildman–Crippen MR) is 119 cm³/mol. The zero-order chi connectivity index (χ0) is 20.7. The van der Waals surface area contributed by atoms with Crippen molar-refractivity contribution in [2.24, 2.45) is 0 Å². The van der Waals surface area contributed by atoms with Crippen LogP contribution in [0.3, 0.4) is 0 Å². The summed E-state index contributed by atoms with van der Waals surface area (Å²) in [5.74, 6) is -0.319. The third-order valence-electron chi connectivity index (χ3n) is 5.47. The minimum absolute atomic E-state index is 0.0378. The lowest BCUT2D eigenvalue weighted by Crippen LogP contribution is -1.97. The molecule has 1 N–H and O–H groups in total. The molecule has 2 aromatic rings. The minimum atomic E-state index is -1.05. The molecule has 0 spiro atoms. The van der Waals surface area contributed by atoms with Crippen LogP contribution in [0.2, 0.25) is 0 Å². The van der Waals surface area contributed by atoms with E-state index in [0.717, 1.165) is 17.6 Å². The lowest BCUT2D eigenvalue weighted by atomic mass is 10.0. The molecule has 162 valence electrons. The summed E-state index contributed by atoms with van der Waals surface area (Å²) in [7, 11) is 0. The molecule has 4 heteroatoms. The molecule has 0 amide bonds. The fourth-order valence-electron chi connectivity index (χ4n) is 3.70. The molecule has 1 aromatic heterocycles. The summed E-state index contributed by atoms with van der Waals surface area (Å²) in [6.07, 6.45) is 18.9. The van der Waals surface area contributed by atoms with Gasteiger partial charge in [-0.05, 0) is 30.7 Å². The van der Waals surface area contributed by atoms with Crippen molar-refractivity contribution >= 4 is 16.9 Å². The number of hydrogen-bond acceptors (Lipinski definition) is 3. The molecule has 0 aliphatic rings. The van der Waals surface area contributed by atoms with Gasteiger partial charge in [0, 0.05) is 5.39 Å². The molecule has 0 radical (unpaired) electrons. The average molecular weight is 403 g/mol. The summed E-state index contributed by atoms with van der Waals surface area (Å²) in [5.41, 5.74) is 0.575. The van der Waals surface area contributed by atoms with Crippen LogP contribution in [0, 0.1) is 0 Å². The Morgan fingerprint density at radius 3 is 1.93 bits per heavy atom. The summed E-state index contributed by atoms with van der Waals surface area (Å²) in [6.45, 7) is 2.97. The normalized spacial score (nSPS) is 11.2. The zero-order valence-electron chi connectivity index (χ0n) is 18.1. The molecule has 29 heavy (non-hydrogen) atoms. The van der Waals surface area contributed by atoms with Gasteiger partial charge in [0.2, 0.25) is 5.76 Å². The summed E-state index contributed by atoms with van der Waals surface area (Å²) < 4.78 is 11.1. The number of benzene rings is 1. The van der Waals surface area contributed by atoms with Crippen LogP contribution in [0.15, 0.2) is 28.7 Å². The molecule has 0 aliphatic heterocycles. The molecular weight excluding hydrogens is 364 g/mol. The van der Waals surface area contributed by atoms with Crippen molar-refractivity contribution in [2.45, 2.75) is 96.8 Å². The van der Waals surface area contributed by atoms with Gasteiger partial charge < -0.3 is 14.3 Å². The quantitative estimate of drug-likeness (QED) is 0.272. The number of aromatic carboxylic acids is 1. The Bertz CT molecular complexity index is 704. The van der Waals surface area contributed by atoms with Crippen molar-refractivity contribution in [3.63, 3.8) is 0 Å². The lowest BCUT2D eigenvalue weighted by molar-refractivity contribution is 0.0665. The second-order valence-corrected chi connectivity index (χ2v) is 8.06. The van der Waals surface area contributed by atoms with Gasteiger partial charge in [-0.3, -0.25) is 0 Å². The van der Waals surface area contributed by atoms with E-state index in [1.807, 2.05) is 12.1 Å². The summed E-state index contributed by atoms with van der Waals surface area (Å²) in [6, 6.07) is 6.98. The highest BCUT2D eigenvalue weighted by Crippen LogP contribution is 2.24. The highest BCUT2D eigenvalue weighted by atomic mass is 16.5. The Balaban J connectivity index is 1.43. The van der Waals surface area contributed by atoms with Gasteiger partial charge in [-0.25, -0.2) is 4.79 Å². The van der Waals surface area contributed by atoms with Crippen LogP contribution >= 0.6 is 0 Å². The Morgan fingerprint density at radius 1 is 0.828 bits per heavy atom. The van der Waals surface area contributed by atoms with E-state index in [-0.39, 0.29) is 5.76 Å². The fraction of sp³-hybridized carbons (Fsp3) is 0.640. The second kappa shape index (κ2) is 14.1. The molecular formula is C25H38O4. The fourth-order valence-corrected chi connectivity index (χ4v) is 3.70. The van der Waals surface area contributed by atoms with Crippen LogP contribution in [0.5, 0.6) is 5.75 Å². The first kappa shape index (κ1) is 23.3. The predicted octanol–water partition coefficient (Wildman–Crippen LogP) is 7.99. The Labute approximate surface area is 175 Å². The van der Waals surface area contributed by atoms with Crippen molar-refractivity contribution in [1.82, 2.24) is 0 Å². The van der Waals surface area contributed by atoms with E-state index in [1.54, 1.807) is 6.07 Å². The van der Waals surface area contributed by atoms with E-state index in [9.17, 15) is 4.79 Å². The molecule has 1 heterocycles. The third kappa shape index (κ3) is 9.38. The molecule has 0 fully saturated rings. The van der Waals surface area contributed by atoms with Crippen LogP contribution in [0.1, 0.15) is 107 Å². The lowest BCUT2D eigenvalue weighted by Gasteiger charge is -2.06. The number of unbranched alkanes of at least 4 members (excludes halogenated alkanes) is 13. The smallest absolute Gasteiger partial charge is 0.371 e. The number of furan rings is 1. The van der Waals surface area contributed by atoms with E-state index in [0.29, 0.717) is 12.2 Å². The van der Waals surface area contributed by atoms with Gasteiger partial charge in [-0.2, -0.15) is 0 Å². The summed E-state index contributed by atoms with van der Waals surface area (Å²) in [4.78, 5) is 11.0. The van der Waals surface area contributed by atoms with Gasteiger partial charge in [0.25, 0.3) is 0 Å². The number of carboxylic acids is 1. The van der Waals surface area contributed by atoms with Crippen LogP contribution < -0.4 is 4.74 Å². The van der Waals surface area contributed by atoms with E-state index in [4.69, 9.17) is 14.3 Å². The van der Waals surface area contributed by atoms with Gasteiger partial charge >= 0.3 is 5.97 Å². The van der Waals surface area contributed by atoms with Crippen molar-refractivity contribution in [3.8, 4) is 5.75 Å². The molecule has 0 bridgehead atoms. The highest BCUT2D eigenvalue weighted by Gasteiger charge is 2.10. The number of carboxylic acid groups (broad SMARTS) is 1. The summed E-state index contributed by atoms with van der Waals surface area (Å²) in [5, 5.41) is 9.75. The molecule has 2 rings (SSSR count). The van der Waals surface area contributed by atoms with E-state index >= 15 is 0 Å². The number of carbonyl (C=O) groups is 1. The maximum Gasteiger partial charge on any atom is 0.371 e. The number of ether oxygens (including phenoxy) is 1. The molecule has 0 unspecified atom stereocenters. The average Bonchev–Trinajstić information content (AvgIpc) is 3.15. The van der Waals surface area contributed by atoms with Gasteiger partial charge in [0.15, 0.2) is 0 Å². The van der Waals surface area contributed by atoms with E-state index in [2.05, 4.69) is 6.92 Å². The SMILES string of the molecule is CCCCCCCCCCCCCCCCOc1ccc2oc(C(=O)O)cc2c1. The maximum atomic E-state index is 11.0. The summed E-state index contributed by atoms with van der Waals surface area (Å²) >= 11 is 0. The number of hydrogen-bond donors (Lipinski definition) is 1. The highest BCUT2D eigenvalue weighted by molar-refractivity contribution is 5.91. The number of rotatable bonds is 17.